The number of rotatable bonds is 2. The fourth-order valence-corrected chi connectivity index (χ4v) is 3.73. The van der Waals surface area contributed by atoms with Crippen LogP contribution in [0.3, 0.4) is 0 Å². The molecule has 21 heavy (non-hydrogen) atoms. The Morgan fingerprint density at radius 1 is 1.33 bits per heavy atom. The van der Waals surface area contributed by atoms with Crippen molar-refractivity contribution in [2.45, 2.75) is 45.3 Å². The number of nitrogens with zero attached hydrogens (tertiary/aromatic N) is 1. The number of piperidine rings is 1. The number of carbonyl (C=O) groups is 1. The zero-order valence-corrected chi connectivity index (χ0v) is 12.6. The first-order valence-electron chi connectivity index (χ1n) is 7.92. The fourth-order valence-electron chi connectivity index (χ4n) is 3.73. The van der Waals surface area contributed by atoms with Crippen LogP contribution in [0.25, 0.3) is 0 Å². The van der Waals surface area contributed by atoms with E-state index in [1.54, 1.807) is 0 Å². The molecule has 1 aliphatic carbocycles. The molecule has 0 N–H and O–H groups in total. The molecule has 1 saturated heterocycles. The highest BCUT2D eigenvalue weighted by molar-refractivity contribution is 5.68. The number of likely N-dealkylation sites (tertiary alicyclic amines) is 1. The molecule has 1 aromatic carbocycles. The van der Waals surface area contributed by atoms with E-state index in [1.165, 1.54) is 12.0 Å². The fraction of sp³-hybridized carbons (Fsp3) is 0.500. The summed E-state index contributed by atoms with van der Waals surface area (Å²) in [6, 6.07) is 10.2. The Hall–Kier alpha value is -1.77. The van der Waals surface area contributed by atoms with Gasteiger partial charge in [-0.2, -0.15) is 0 Å². The van der Waals surface area contributed by atoms with Gasteiger partial charge in [0.1, 0.15) is 6.61 Å². The average molecular weight is 285 g/mol. The first kappa shape index (κ1) is 14.2. The summed E-state index contributed by atoms with van der Waals surface area (Å²) in [6.45, 7) is 3.32. The molecule has 0 radical (unpaired) electrons. The Labute approximate surface area is 126 Å². The SMILES string of the molecule is C/C=C1\CC[C@@H]2[C@H]1CCCN2C(=O)OCc1ccccc1. The minimum absolute atomic E-state index is 0.147. The quantitative estimate of drug-likeness (QED) is 0.764. The van der Waals surface area contributed by atoms with Gasteiger partial charge in [-0.3, -0.25) is 0 Å². The summed E-state index contributed by atoms with van der Waals surface area (Å²) in [5.74, 6) is 0.563. The second kappa shape index (κ2) is 6.33. The van der Waals surface area contributed by atoms with Crippen molar-refractivity contribution in [2.75, 3.05) is 6.54 Å². The summed E-state index contributed by atoms with van der Waals surface area (Å²) in [5.41, 5.74) is 2.57. The Morgan fingerprint density at radius 2 is 2.14 bits per heavy atom. The Kier molecular flexibility index (Phi) is 4.28. The number of allylic oxidation sites excluding steroid dienone is 1. The van der Waals surface area contributed by atoms with Crippen molar-refractivity contribution in [1.82, 2.24) is 4.90 Å². The molecule has 0 spiro atoms. The molecule has 0 aromatic heterocycles. The molecular weight excluding hydrogens is 262 g/mol. The number of ether oxygens (including phenoxy) is 1. The first-order valence-corrected chi connectivity index (χ1v) is 7.92. The second-order valence-electron chi connectivity index (χ2n) is 5.95. The molecule has 1 aliphatic heterocycles. The maximum Gasteiger partial charge on any atom is 0.410 e. The average Bonchev–Trinajstić information content (AvgIpc) is 2.96. The van der Waals surface area contributed by atoms with Crippen LogP contribution in [0.4, 0.5) is 4.79 Å². The number of hydrogen-bond donors (Lipinski definition) is 0. The van der Waals surface area contributed by atoms with Crippen molar-refractivity contribution in [1.29, 1.82) is 0 Å². The van der Waals surface area contributed by atoms with Crippen LogP contribution in [0.2, 0.25) is 0 Å². The van der Waals surface area contributed by atoms with Crippen molar-refractivity contribution >= 4 is 6.09 Å². The normalized spacial score (nSPS) is 26.7. The van der Waals surface area contributed by atoms with Gasteiger partial charge in [0.2, 0.25) is 0 Å². The van der Waals surface area contributed by atoms with E-state index < -0.39 is 0 Å². The minimum atomic E-state index is -0.147. The van der Waals surface area contributed by atoms with E-state index in [1.807, 2.05) is 35.2 Å². The standard InChI is InChI=1S/C18H23NO2/c1-2-15-10-11-17-16(15)9-6-12-19(17)18(20)21-13-14-7-4-3-5-8-14/h2-5,7-8,16-17H,6,9-13H2,1H3/b15-2+/t16-,17+/m0/s1. The van der Waals surface area contributed by atoms with Gasteiger partial charge in [-0.1, -0.05) is 42.0 Å². The van der Waals surface area contributed by atoms with Gasteiger partial charge in [0, 0.05) is 18.5 Å². The van der Waals surface area contributed by atoms with Gasteiger partial charge in [-0.15, -0.1) is 0 Å². The van der Waals surface area contributed by atoms with E-state index in [0.717, 1.165) is 31.4 Å². The molecule has 2 fully saturated rings. The van der Waals surface area contributed by atoms with Crippen LogP contribution in [-0.2, 0) is 11.3 Å². The van der Waals surface area contributed by atoms with Crippen LogP contribution >= 0.6 is 0 Å². The zero-order valence-electron chi connectivity index (χ0n) is 12.6. The van der Waals surface area contributed by atoms with E-state index in [-0.39, 0.29) is 6.09 Å². The predicted molar refractivity (Wildman–Crippen MR) is 82.8 cm³/mol. The highest BCUT2D eigenvalue weighted by Gasteiger charge is 2.40. The highest BCUT2D eigenvalue weighted by Crippen LogP contribution is 2.40. The van der Waals surface area contributed by atoms with Crippen molar-refractivity contribution < 1.29 is 9.53 Å². The van der Waals surface area contributed by atoms with E-state index >= 15 is 0 Å². The molecule has 1 amide bonds. The lowest BCUT2D eigenvalue weighted by Crippen LogP contribution is -2.46. The molecule has 2 atom stereocenters. The smallest absolute Gasteiger partial charge is 0.410 e. The molecule has 3 nitrogen and oxygen atoms in total. The summed E-state index contributed by atoms with van der Waals surface area (Å²) in [7, 11) is 0. The minimum Gasteiger partial charge on any atom is -0.445 e. The zero-order chi connectivity index (χ0) is 14.7. The lowest BCUT2D eigenvalue weighted by molar-refractivity contribution is 0.0603. The summed E-state index contributed by atoms with van der Waals surface area (Å²) in [4.78, 5) is 14.4. The number of fused-ring (bicyclic) bond motifs is 1. The molecular formula is C18H23NO2. The molecule has 2 aliphatic rings. The van der Waals surface area contributed by atoms with Gasteiger partial charge >= 0.3 is 6.09 Å². The number of amides is 1. The molecule has 112 valence electrons. The molecule has 3 heteroatoms. The third kappa shape index (κ3) is 2.97. The largest absolute Gasteiger partial charge is 0.445 e. The van der Waals surface area contributed by atoms with Gasteiger partial charge in [-0.25, -0.2) is 4.79 Å². The molecule has 1 saturated carbocycles. The van der Waals surface area contributed by atoms with Crippen molar-refractivity contribution in [2.24, 2.45) is 5.92 Å². The van der Waals surface area contributed by atoms with E-state index in [0.29, 0.717) is 18.6 Å². The third-order valence-electron chi connectivity index (χ3n) is 4.79. The van der Waals surface area contributed by atoms with Crippen LogP contribution < -0.4 is 0 Å². The van der Waals surface area contributed by atoms with Gasteiger partial charge in [0.25, 0.3) is 0 Å². The first-order chi connectivity index (χ1) is 10.3. The van der Waals surface area contributed by atoms with E-state index in [4.69, 9.17) is 4.74 Å². The molecule has 1 heterocycles. The van der Waals surface area contributed by atoms with Crippen molar-refractivity contribution in [3.05, 3.63) is 47.5 Å². The Balaban J connectivity index is 1.62. The third-order valence-corrected chi connectivity index (χ3v) is 4.79. The Morgan fingerprint density at radius 3 is 2.90 bits per heavy atom. The maximum absolute atomic E-state index is 12.4. The topological polar surface area (TPSA) is 29.5 Å². The molecule has 0 unspecified atom stereocenters. The summed E-state index contributed by atoms with van der Waals surface area (Å²) in [5, 5.41) is 0. The second-order valence-corrected chi connectivity index (χ2v) is 5.95. The summed E-state index contributed by atoms with van der Waals surface area (Å²) < 4.78 is 5.51. The van der Waals surface area contributed by atoms with Crippen LogP contribution in [0.5, 0.6) is 0 Å². The van der Waals surface area contributed by atoms with Gasteiger partial charge in [-0.05, 0) is 38.2 Å². The van der Waals surface area contributed by atoms with E-state index in [2.05, 4.69) is 13.0 Å². The molecule has 0 bridgehead atoms. The van der Waals surface area contributed by atoms with E-state index in [9.17, 15) is 4.79 Å². The Bertz CT molecular complexity index is 523. The maximum atomic E-state index is 12.4. The lowest BCUT2D eigenvalue weighted by atomic mass is 9.89. The van der Waals surface area contributed by atoms with Crippen molar-refractivity contribution in [3.63, 3.8) is 0 Å². The number of benzene rings is 1. The van der Waals surface area contributed by atoms with Crippen LogP contribution in [-0.4, -0.2) is 23.6 Å². The predicted octanol–water partition coefficient (Wildman–Crippen LogP) is 4.14. The lowest BCUT2D eigenvalue weighted by Gasteiger charge is -2.37. The number of carbonyl (C=O) groups excluding carboxylic acids is 1. The van der Waals surface area contributed by atoms with Crippen molar-refractivity contribution in [3.8, 4) is 0 Å². The summed E-state index contributed by atoms with van der Waals surface area (Å²) >= 11 is 0. The van der Waals surface area contributed by atoms with Crippen LogP contribution in [0.1, 0.15) is 38.2 Å². The van der Waals surface area contributed by atoms with Crippen LogP contribution in [0.15, 0.2) is 42.0 Å². The van der Waals surface area contributed by atoms with Crippen LogP contribution in [0, 0.1) is 5.92 Å². The summed E-state index contributed by atoms with van der Waals surface area (Å²) in [6.07, 6.45) is 6.61. The molecule has 3 rings (SSSR count). The van der Waals surface area contributed by atoms with Gasteiger partial charge in [0.15, 0.2) is 0 Å². The number of hydrogen-bond acceptors (Lipinski definition) is 2. The monoisotopic (exact) mass is 285 g/mol. The van der Waals surface area contributed by atoms with Gasteiger partial charge < -0.3 is 9.64 Å². The molecule has 1 aromatic rings. The van der Waals surface area contributed by atoms with Gasteiger partial charge in [0.05, 0.1) is 0 Å². The highest BCUT2D eigenvalue weighted by atomic mass is 16.6.